The number of benzene rings is 2. The number of hydrogen-bond acceptors (Lipinski definition) is 5. The van der Waals surface area contributed by atoms with Gasteiger partial charge in [-0.15, -0.1) is 0 Å². The van der Waals surface area contributed by atoms with E-state index in [1.54, 1.807) is 25.1 Å². The Labute approximate surface area is 193 Å². The number of carbonyl (C=O) groups is 2. The zero-order valence-electron chi connectivity index (χ0n) is 17.1. The summed E-state index contributed by atoms with van der Waals surface area (Å²) >= 11 is 9.43. The standard InChI is InChI=1S/C22H20BrClN2O5/c1-4-30-19-10-13(9-17(23)20(19)31-5-2)8-15-12(3)25-26(21(15)27)14-6-7-18(24)16(11-14)22(28)29/h6-11H,4-5H2,1-3H3,(H,28,29)/b15-8-. The number of halogens is 2. The van der Waals surface area contributed by atoms with Crippen LogP contribution in [0.25, 0.3) is 6.08 Å². The van der Waals surface area contributed by atoms with Gasteiger partial charge in [-0.05, 0) is 78.7 Å². The number of hydrogen-bond donors (Lipinski definition) is 1. The number of amides is 1. The Balaban J connectivity index is 1.98. The molecule has 162 valence electrons. The molecule has 1 amide bonds. The summed E-state index contributed by atoms with van der Waals surface area (Å²) in [6, 6.07) is 7.92. The van der Waals surface area contributed by atoms with Gasteiger partial charge < -0.3 is 14.6 Å². The van der Waals surface area contributed by atoms with E-state index in [-0.39, 0.29) is 16.5 Å². The van der Waals surface area contributed by atoms with Gasteiger partial charge in [-0.1, -0.05) is 11.6 Å². The van der Waals surface area contributed by atoms with Crippen LogP contribution < -0.4 is 14.5 Å². The molecule has 9 heteroatoms. The van der Waals surface area contributed by atoms with Crippen LogP contribution in [0.3, 0.4) is 0 Å². The van der Waals surface area contributed by atoms with E-state index >= 15 is 0 Å². The third-order valence-electron chi connectivity index (χ3n) is 4.42. The minimum atomic E-state index is -1.18. The van der Waals surface area contributed by atoms with Gasteiger partial charge in [0.2, 0.25) is 0 Å². The summed E-state index contributed by atoms with van der Waals surface area (Å²) in [4.78, 5) is 24.4. The molecule has 7 nitrogen and oxygen atoms in total. The van der Waals surface area contributed by atoms with Crippen LogP contribution in [0.5, 0.6) is 11.5 Å². The number of aromatic carboxylic acids is 1. The SMILES string of the molecule is CCOc1cc(/C=C2\C(=O)N(c3ccc(Cl)c(C(=O)O)c3)N=C2C)cc(Br)c1OCC. The molecule has 1 aliphatic heterocycles. The Morgan fingerprint density at radius 3 is 2.58 bits per heavy atom. The quantitative estimate of drug-likeness (QED) is 0.507. The number of carbonyl (C=O) groups excluding carboxylic acids is 1. The maximum absolute atomic E-state index is 13.0. The van der Waals surface area contributed by atoms with Gasteiger partial charge in [0.1, 0.15) is 0 Å². The van der Waals surface area contributed by atoms with E-state index in [0.29, 0.717) is 46.2 Å². The van der Waals surface area contributed by atoms with Crippen LogP contribution in [0.15, 0.2) is 45.5 Å². The molecule has 0 bridgehead atoms. The van der Waals surface area contributed by atoms with Gasteiger partial charge in [0.05, 0.1) is 45.2 Å². The maximum Gasteiger partial charge on any atom is 0.337 e. The van der Waals surface area contributed by atoms with Crippen LogP contribution in [0.2, 0.25) is 5.02 Å². The first-order valence-corrected chi connectivity index (χ1v) is 10.7. The summed E-state index contributed by atoms with van der Waals surface area (Å²) in [6.45, 7) is 6.42. The zero-order chi connectivity index (χ0) is 22.7. The van der Waals surface area contributed by atoms with E-state index in [9.17, 15) is 14.7 Å². The van der Waals surface area contributed by atoms with Crippen molar-refractivity contribution < 1.29 is 24.2 Å². The molecule has 1 N–H and O–H groups in total. The highest BCUT2D eigenvalue weighted by Crippen LogP contribution is 2.38. The molecule has 1 aliphatic rings. The third kappa shape index (κ3) is 4.75. The van der Waals surface area contributed by atoms with Crippen molar-refractivity contribution in [1.82, 2.24) is 0 Å². The molecule has 1 heterocycles. The van der Waals surface area contributed by atoms with E-state index in [0.717, 1.165) is 10.6 Å². The number of rotatable bonds is 7. The second-order valence-corrected chi connectivity index (χ2v) is 7.79. The van der Waals surface area contributed by atoms with Crippen molar-refractivity contribution >= 4 is 56.9 Å². The number of nitrogens with zero attached hydrogens (tertiary/aromatic N) is 2. The lowest BCUT2D eigenvalue weighted by molar-refractivity contribution is -0.114. The first-order valence-electron chi connectivity index (χ1n) is 9.50. The lowest BCUT2D eigenvalue weighted by Gasteiger charge is -2.14. The number of hydrazone groups is 1. The fourth-order valence-corrected chi connectivity index (χ4v) is 3.83. The molecule has 0 radical (unpaired) electrons. The molecule has 31 heavy (non-hydrogen) atoms. The third-order valence-corrected chi connectivity index (χ3v) is 5.34. The van der Waals surface area contributed by atoms with E-state index in [1.807, 2.05) is 19.9 Å². The van der Waals surface area contributed by atoms with Crippen molar-refractivity contribution in [3.05, 3.63) is 56.5 Å². The van der Waals surface area contributed by atoms with E-state index in [2.05, 4.69) is 21.0 Å². The Bertz CT molecular complexity index is 1110. The van der Waals surface area contributed by atoms with E-state index in [4.69, 9.17) is 21.1 Å². The molecule has 3 rings (SSSR count). The lowest BCUT2D eigenvalue weighted by atomic mass is 10.1. The Hall–Kier alpha value is -2.84. The molecule has 0 saturated carbocycles. The smallest absolute Gasteiger partial charge is 0.337 e. The summed E-state index contributed by atoms with van der Waals surface area (Å²) in [5.41, 5.74) is 1.82. The maximum atomic E-state index is 13.0. The lowest BCUT2D eigenvalue weighted by Crippen LogP contribution is -2.21. The summed E-state index contributed by atoms with van der Waals surface area (Å²) < 4.78 is 12.0. The molecule has 0 spiro atoms. The molecule has 2 aromatic rings. The van der Waals surface area contributed by atoms with Crippen molar-refractivity contribution in [3.63, 3.8) is 0 Å². The van der Waals surface area contributed by atoms with Gasteiger partial charge in [-0.2, -0.15) is 10.1 Å². The number of carboxylic acids is 1. The second-order valence-electron chi connectivity index (χ2n) is 6.53. The molecule has 0 aliphatic carbocycles. The first kappa shape index (κ1) is 22.8. The van der Waals surface area contributed by atoms with Crippen molar-refractivity contribution in [2.75, 3.05) is 18.2 Å². The first-order chi connectivity index (χ1) is 14.8. The summed E-state index contributed by atoms with van der Waals surface area (Å²) in [5, 5.41) is 14.8. The molecule has 0 unspecified atom stereocenters. The fraction of sp³-hybridized carbons (Fsp3) is 0.227. The second kappa shape index (κ2) is 9.53. The average Bonchev–Trinajstić information content (AvgIpc) is 2.99. The number of carboxylic acid groups (broad SMARTS) is 1. The van der Waals surface area contributed by atoms with Crippen LogP contribution in [0.4, 0.5) is 5.69 Å². The van der Waals surface area contributed by atoms with E-state index in [1.165, 1.54) is 12.1 Å². The monoisotopic (exact) mass is 506 g/mol. The minimum Gasteiger partial charge on any atom is -0.490 e. The predicted octanol–water partition coefficient (Wildman–Crippen LogP) is 5.40. The van der Waals surface area contributed by atoms with Gasteiger partial charge in [0, 0.05) is 0 Å². The highest BCUT2D eigenvalue weighted by Gasteiger charge is 2.29. The average molecular weight is 508 g/mol. The van der Waals surface area contributed by atoms with Gasteiger partial charge in [-0.25, -0.2) is 4.79 Å². The van der Waals surface area contributed by atoms with Crippen molar-refractivity contribution in [2.45, 2.75) is 20.8 Å². The number of anilines is 1. The highest BCUT2D eigenvalue weighted by atomic mass is 79.9. The molecule has 0 aromatic heterocycles. The van der Waals surface area contributed by atoms with Crippen LogP contribution in [-0.2, 0) is 4.79 Å². The zero-order valence-corrected chi connectivity index (χ0v) is 19.5. The molecule has 2 aromatic carbocycles. The number of ether oxygens (including phenoxy) is 2. The van der Waals surface area contributed by atoms with Crippen molar-refractivity contribution in [1.29, 1.82) is 0 Å². The minimum absolute atomic E-state index is 0.0852. The summed E-state index contributed by atoms with van der Waals surface area (Å²) in [5.74, 6) is -0.401. The Morgan fingerprint density at radius 1 is 1.23 bits per heavy atom. The van der Waals surface area contributed by atoms with Crippen LogP contribution in [-0.4, -0.2) is 35.9 Å². The molecular weight excluding hydrogens is 488 g/mol. The normalized spacial score (nSPS) is 14.7. The topological polar surface area (TPSA) is 88.4 Å². The van der Waals surface area contributed by atoms with Crippen LogP contribution in [0.1, 0.15) is 36.7 Å². The molecule has 0 saturated heterocycles. The summed E-state index contributed by atoms with van der Waals surface area (Å²) in [6.07, 6.45) is 1.71. The highest BCUT2D eigenvalue weighted by molar-refractivity contribution is 9.10. The predicted molar refractivity (Wildman–Crippen MR) is 123 cm³/mol. The Morgan fingerprint density at radius 2 is 1.94 bits per heavy atom. The Kier molecular flexibility index (Phi) is 7.02. The van der Waals surface area contributed by atoms with Gasteiger partial charge >= 0.3 is 5.97 Å². The molecule has 0 fully saturated rings. The van der Waals surface area contributed by atoms with Crippen molar-refractivity contribution in [3.8, 4) is 11.5 Å². The summed E-state index contributed by atoms with van der Waals surface area (Å²) in [7, 11) is 0. The van der Waals surface area contributed by atoms with Crippen LogP contribution >= 0.6 is 27.5 Å². The van der Waals surface area contributed by atoms with Gasteiger partial charge in [0.15, 0.2) is 11.5 Å². The fourth-order valence-electron chi connectivity index (χ4n) is 3.05. The van der Waals surface area contributed by atoms with Crippen molar-refractivity contribution in [2.24, 2.45) is 5.10 Å². The molecular formula is C22H20BrClN2O5. The van der Waals surface area contributed by atoms with Gasteiger partial charge in [-0.3, -0.25) is 4.79 Å². The largest absolute Gasteiger partial charge is 0.490 e. The van der Waals surface area contributed by atoms with Crippen LogP contribution in [0, 0.1) is 0 Å². The van der Waals surface area contributed by atoms with E-state index < -0.39 is 5.97 Å². The molecule has 0 atom stereocenters. The van der Waals surface area contributed by atoms with Gasteiger partial charge in [0.25, 0.3) is 5.91 Å².